The maximum atomic E-state index is 12.6. The van der Waals surface area contributed by atoms with E-state index in [0.717, 1.165) is 29.2 Å². The average molecular weight is 412 g/mol. The molecule has 2 atom stereocenters. The highest BCUT2D eigenvalue weighted by atomic mass is 16.5. The van der Waals surface area contributed by atoms with Gasteiger partial charge >= 0.3 is 0 Å². The third-order valence-corrected chi connectivity index (χ3v) is 5.92. The average Bonchev–Trinajstić information content (AvgIpc) is 3.44. The highest BCUT2D eigenvalue weighted by molar-refractivity contribution is 5.86. The van der Waals surface area contributed by atoms with Crippen LogP contribution in [0.15, 0.2) is 36.4 Å². The summed E-state index contributed by atoms with van der Waals surface area (Å²) in [4.78, 5) is 16.8. The van der Waals surface area contributed by atoms with Crippen LogP contribution in [-0.4, -0.2) is 65.5 Å². The van der Waals surface area contributed by atoms with Crippen molar-refractivity contribution >= 4 is 11.6 Å². The Kier molecular flexibility index (Phi) is 4.56. The monoisotopic (exact) mass is 412 g/mol. The van der Waals surface area contributed by atoms with Gasteiger partial charge in [0.15, 0.2) is 0 Å². The summed E-state index contributed by atoms with van der Waals surface area (Å²) < 4.78 is 12.1. The Balaban J connectivity index is 1.20. The first-order chi connectivity index (χ1) is 14.6. The van der Waals surface area contributed by atoms with Crippen molar-refractivity contribution < 1.29 is 24.5 Å². The van der Waals surface area contributed by atoms with Crippen molar-refractivity contribution in [2.24, 2.45) is 0 Å². The van der Waals surface area contributed by atoms with Crippen LogP contribution in [0.3, 0.4) is 0 Å². The molecular formula is C21H24N4O5. The number of aromatic nitrogens is 1. The molecule has 1 saturated heterocycles. The number of fused-ring (bicyclic) bond motifs is 5. The van der Waals surface area contributed by atoms with E-state index >= 15 is 0 Å². The van der Waals surface area contributed by atoms with Crippen LogP contribution in [0.4, 0.5) is 5.69 Å². The van der Waals surface area contributed by atoms with Crippen molar-refractivity contribution in [3.05, 3.63) is 47.5 Å². The van der Waals surface area contributed by atoms with Crippen molar-refractivity contribution in [2.45, 2.75) is 12.2 Å². The van der Waals surface area contributed by atoms with Crippen molar-refractivity contribution in [1.29, 1.82) is 0 Å². The first-order valence-corrected chi connectivity index (χ1v) is 9.97. The maximum Gasteiger partial charge on any atom is 0.253 e. The lowest BCUT2D eigenvalue weighted by molar-refractivity contribution is -0.118. The predicted molar refractivity (Wildman–Crippen MR) is 109 cm³/mol. The Morgan fingerprint density at radius 2 is 1.73 bits per heavy atom. The largest absolute Gasteiger partial charge is 0.495 e. The number of hydrogen-bond acceptors (Lipinski definition) is 7. The number of carbonyl (C=O) groups is 1. The van der Waals surface area contributed by atoms with Crippen molar-refractivity contribution in [1.82, 2.24) is 9.58 Å². The molecule has 3 N–H and O–H groups in total. The molecule has 30 heavy (non-hydrogen) atoms. The van der Waals surface area contributed by atoms with E-state index in [1.165, 1.54) is 0 Å². The van der Waals surface area contributed by atoms with Crippen molar-refractivity contribution in [3.63, 3.8) is 0 Å². The van der Waals surface area contributed by atoms with Gasteiger partial charge < -0.3 is 24.6 Å². The van der Waals surface area contributed by atoms with E-state index in [9.17, 15) is 15.0 Å². The van der Waals surface area contributed by atoms with Gasteiger partial charge in [0, 0.05) is 26.2 Å². The molecule has 0 radical (unpaired) electrons. The Bertz CT molecular complexity index is 974. The summed E-state index contributed by atoms with van der Waals surface area (Å²) in [6.45, 7) is 3.15. The van der Waals surface area contributed by atoms with Crippen LogP contribution < -0.4 is 15.1 Å². The quantitative estimate of drug-likeness (QED) is 0.640. The zero-order valence-electron chi connectivity index (χ0n) is 16.6. The van der Waals surface area contributed by atoms with Gasteiger partial charge in [-0.2, -0.15) is 4.68 Å². The molecule has 5 rings (SSSR count). The minimum atomic E-state index is -0.378. The molecule has 9 heteroatoms. The Hall–Kier alpha value is -3.17. The molecule has 4 heterocycles. The zero-order chi connectivity index (χ0) is 20.8. The molecule has 0 aliphatic carbocycles. The number of ether oxygens (including phenoxy) is 2. The Labute approximate surface area is 173 Å². The summed E-state index contributed by atoms with van der Waals surface area (Å²) in [5, 5.41) is 20.9. The molecular weight excluding hydrogens is 388 g/mol. The van der Waals surface area contributed by atoms with Gasteiger partial charge in [-0.25, -0.2) is 0 Å². The molecule has 3 aliphatic heterocycles. The zero-order valence-corrected chi connectivity index (χ0v) is 16.6. The topological polar surface area (TPSA) is 99.4 Å². The molecule has 158 valence electrons. The molecule has 2 bridgehead atoms. The number of piperazine rings is 1. The number of hydrogen-bond donors (Lipinski definition) is 3. The lowest BCUT2D eigenvalue weighted by Crippen LogP contribution is -2.49. The van der Waals surface area contributed by atoms with Gasteiger partial charge in [0.2, 0.25) is 11.8 Å². The minimum Gasteiger partial charge on any atom is -0.495 e. The lowest BCUT2D eigenvalue weighted by Gasteiger charge is -2.36. The van der Waals surface area contributed by atoms with Gasteiger partial charge in [-0.3, -0.25) is 15.1 Å². The van der Waals surface area contributed by atoms with Gasteiger partial charge in [-0.05, 0) is 12.1 Å². The second-order valence-corrected chi connectivity index (χ2v) is 7.64. The van der Waals surface area contributed by atoms with E-state index in [1.807, 2.05) is 41.3 Å². The van der Waals surface area contributed by atoms with E-state index in [2.05, 4.69) is 10.3 Å². The summed E-state index contributed by atoms with van der Waals surface area (Å²) in [5.74, 6) is 0.159. The summed E-state index contributed by atoms with van der Waals surface area (Å²) >= 11 is 0. The summed E-state index contributed by atoms with van der Waals surface area (Å²) in [6, 6.07) is 7.90. The fourth-order valence-corrected chi connectivity index (χ4v) is 4.43. The maximum absolute atomic E-state index is 12.6. The number of amides is 1. The van der Waals surface area contributed by atoms with Crippen LogP contribution in [0.1, 0.15) is 23.3 Å². The Morgan fingerprint density at radius 1 is 1.10 bits per heavy atom. The standard InChI is InChI=1S/C21H24N4O5/c1-29-14-5-3-2-4-13(14)24-10-8-23(9-11-24)12-17(26)22-25-20(27)18-15-6-7-16(30-15)19(18)21(25)28/h2-7,15-16,27-28H,8-12H2,1H3,(H,22,26). The number of nitrogens with one attached hydrogen (secondary N) is 1. The molecule has 2 aromatic rings. The fourth-order valence-electron chi connectivity index (χ4n) is 4.43. The molecule has 9 nitrogen and oxygen atoms in total. The number of para-hydroxylation sites is 2. The molecule has 3 aliphatic rings. The molecule has 2 unspecified atom stereocenters. The fraction of sp³-hybridized carbons (Fsp3) is 0.381. The van der Waals surface area contributed by atoms with Crippen LogP contribution in [0, 0.1) is 0 Å². The first kappa shape index (κ1) is 18.8. The number of aromatic hydroxyl groups is 2. The normalized spacial score (nSPS) is 22.4. The third kappa shape index (κ3) is 2.98. The van der Waals surface area contributed by atoms with Gasteiger partial charge in [-0.1, -0.05) is 24.3 Å². The molecule has 1 fully saturated rings. The van der Waals surface area contributed by atoms with Gasteiger partial charge in [0.05, 0.1) is 30.5 Å². The SMILES string of the molecule is COc1ccccc1N1CCN(CC(=O)Nn2c(O)c3c(c2O)C2C=CC3O2)CC1. The van der Waals surface area contributed by atoms with Crippen molar-refractivity contribution in [2.75, 3.05) is 50.2 Å². The van der Waals surface area contributed by atoms with Crippen molar-refractivity contribution in [3.8, 4) is 17.5 Å². The smallest absolute Gasteiger partial charge is 0.253 e. The second-order valence-electron chi connectivity index (χ2n) is 7.64. The first-order valence-electron chi connectivity index (χ1n) is 9.97. The van der Waals surface area contributed by atoms with E-state index in [1.54, 1.807) is 7.11 Å². The number of carbonyl (C=O) groups excluding carboxylic acids is 1. The summed E-state index contributed by atoms with van der Waals surface area (Å²) in [7, 11) is 1.66. The van der Waals surface area contributed by atoms with Gasteiger partial charge in [0.25, 0.3) is 5.91 Å². The highest BCUT2D eigenvalue weighted by Gasteiger charge is 2.42. The van der Waals surface area contributed by atoms with Crippen LogP contribution in [0.25, 0.3) is 0 Å². The van der Waals surface area contributed by atoms with Gasteiger partial charge in [0.1, 0.15) is 18.0 Å². The van der Waals surface area contributed by atoms with E-state index in [4.69, 9.17) is 9.47 Å². The highest BCUT2D eigenvalue weighted by Crippen LogP contribution is 2.54. The minimum absolute atomic E-state index is 0.170. The Morgan fingerprint density at radius 3 is 2.37 bits per heavy atom. The number of benzene rings is 1. The summed E-state index contributed by atoms with van der Waals surface area (Å²) in [5.41, 5.74) is 4.69. The molecule has 0 spiro atoms. The number of nitrogens with zero attached hydrogens (tertiary/aromatic N) is 3. The summed E-state index contributed by atoms with van der Waals surface area (Å²) in [6.07, 6.45) is 2.91. The van der Waals surface area contributed by atoms with E-state index in [0.29, 0.717) is 24.2 Å². The van der Waals surface area contributed by atoms with E-state index in [-0.39, 0.29) is 36.4 Å². The van der Waals surface area contributed by atoms with Gasteiger partial charge in [-0.15, -0.1) is 0 Å². The predicted octanol–water partition coefficient (Wildman–Crippen LogP) is 1.48. The lowest BCUT2D eigenvalue weighted by atomic mass is 10.0. The van der Waals surface area contributed by atoms with E-state index < -0.39 is 0 Å². The molecule has 0 saturated carbocycles. The third-order valence-electron chi connectivity index (χ3n) is 5.92. The molecule has 1 aromatic heterocycles. The number of anilines is 1. The number of rotatable bonds is 5. The molecule has 1 aromatic carbocycles. The number of methoxy groups -OCH3 is 1. The second kappa shape index (κ2) is 7.26. The van der Waals surface area contributed by atoms with Crippen LogP contribution >= 0.6 is 0 Å². The van der Waals surface area contributed by atoms with Crippen LogP contribution in [-0.2, 0) is 9.53 Å². The molecule has 1 amide bonds. The van der Waals surface area contributed by atoms with Crippen LogP contribution in [0.5, 0.6) is 17.5 Å². The van der Waals surface area contributed by atoms with Crippen LogP contribution in [0.2, 0.25) is 0 Å².